The second-order valence-corrected chi connectivity index (χ2v) is 12.4. The Labute approximate surface area is 256 Å². The highest BCUT2D eigenvalue weighted by Crippen LogP contribution is 2.27. The fraction of sp³-hybridized carbons (Fsp3) is 0.486. The molecular weight excluding hydrogens is 536 g/mol. The predicted molar refractivity (Wildman–Crippen MR) is 172 cm³/mol. The van der Waals surface area contributed by atoms with Crippen molar-refractivity contribution >= 4 is 23.3 Å². The van der Waals surface area contributed by atoms with Crippen molar-refractivity contribution in [2.45, 2.75) is 52.5 Å². The lowest BCUT2D eigenvalue weighted by atomic mass is 9.93. The first-order valence-electron chi connectivity index (χ1n) is 15.9. The summed E-state index contributed by atoms with van der Waals surface area (Å²) in [6, 6.07) is 22.0. The quantitative estimate of drug-likeness (QED) is 0.388. The van der Waals surface area contributed by atoms with Gasteiger partial charge in [0.25, 0.3) is 0 Å². The Hall–Kier alpha value is -3.78. The zero-order valence-corrected chi connectivity index (χ0v) is 25.8. The highest BCUT2D eigenvalue weighted by Gasteiger charge is 2.27. The van der Waals surface area contributed by atoms with Crippen molar-refractivity contribution in [2.75, 3.05) is 55.6 Å². The van der Waals surface area contributed by atoms with Gasteiger partial charge in [0.15, 0.2) is 5.82 Å². The van der Waals surface area contributed by atoms with Gasteiger partial charge in [-0.05, 0) is 67.0 Å². The molecule has 1 saturated heterocycles. The van der Waals surface area contributed by atoms with Crippen LogP contribution in [-0.2, 0) is 22.6 Å². The molecule has 5 rings (SSSR count). The highest BCUT2D eigenvalue weighted by molar-refractivity contribution is 5.95. The van der Waals surface area contributed by atoms with Gasteiger partial charge in [-0.2, -0.15) is 5.10 Å². The summed E-state index contributed by atoms with van der Waals surface area (Å²) in [4.78, 5) is 36.5. The van der Waals surface area contributed by atoms with E-state index >= 15 is 0 Å². The summed E-state index contributed by atoms with van der Waals surface area (Å²) in [5.41, 5.74) is 2.98. The van der Waals surface area contributed by atoms with E-state index in [-0.39, 0.29) is 11.8 Å². The minimum atomic E-state index is 0.0982. The molecule has 3 heterocycles. The summed E-state index contributed by atoms with van der Waals surface area (Å²) in [7, 11) is 0. The van der Waals surface area contributed by atoms with Crippen LogP contribution in [0.1, 0.15) is 50.7 Å². The van der Waals surface area contributed by atoms with Gasteiger partial charge in [0.05, 0.1) is 6.42 Å². The van der Waals surface area contributed by atoms with E-state index in [1.165, 1.54) is 0 Å². The van der Waals surface area contributed by atoms with Gasteiger partial charge in [0, 0.05) is 64.1 Å². The van der Waals surface area contributed by atoms with E-state index in [4.69, 9.17) is 0 Å². The first kappa shape index (κ1) is 30.7. The van der Waals surface area contributed by atoms with E-state index in [9.17, 15) is 9.59 Å². The number of benzene rings is 2. The van der Waals surface area contributed by atoms with Crippen LogP contribution in [0.4, 0.5) is 11.5 Å². The number of piperidine rings is 1. The Morgan fingerprint density at radius 2 is 1.60 bits per heavy atom. The number of hydrogen-bond donors (Lipinski definition) is 0. The van der Waals surface area contributed by atoms with E-state index in [1.807, 2.05) is 70.5 Å². The largest absolute Gasteiger partial charge is 0.355 e. The fourth-order valence-corrected chi connectivity index (χ4v) is 6.38. The van der Waals surface area contributed by atoms with Crippen LogP contribution in [0.2, 0.25) is 0 Å². The Balaban J connectivity index is 1.33. The molecule has 3 aromatic rings. The van der Waals surface area contributed by atoms with Crippen LogP contribution in [0.5, 0.6) is 0 Å². The van der Waals surface area contributed by atoms with Gasteiger partial charge in [0.2, 0.25) is 11.8 Å². The van der Waals surface area contributed by atoms with Crippen LogP contribution >= 0.6 is 0 Å². The Morgan fingerprint density at radius 1 is 0.837 bits per heavy atom. The molecular formula is C35H46N6O2. The molecule has 0 bridgehead atoms. The van der Waals surface area contributed by atoms with Crippen LogP contribution in [0.3, 0.4) is 0 Å². The monoisotopic (exact) mass is 582 g/mol. The Kier molecular flexibility index (Phi) is 10.8. The topological polar surface area (TPSA) is 72.9 Å². The van der Waals surface area contributed by atoms with Gasteiger partial charge < -0.3 is 19.6 Å². The maximum atomic E-state index is 14.0. The molecule has 2 aromatic carbocycles. The highest BCUT2D eigenvalue weighted by atomic mass is 16.2. The summed E-state index contributed by atoms with van der Waals surface area (Å²) in [5.74, 6) is 2.10. The molecule has 0 unspecified atom stereocenters. The molecule has 43 heavy (non-hydrogen) atoms. The number of para-hydroxylation sites is 1. The molecule has 2 aliphatic heterocycles. The maximum Gasteiger partial charge on any atom is 0.231 e. The molecule has 8 nitrogen and oxygen atoms in total. The molecule has 0 N–H and O–H groups in total. The molecule has 0 radical (unpaired) electrons. The molecule has 1 aromatic heterocycles. The van der Waals surface area contributed by atoms with Crippen molar-refractivity contribution in [1.29, 1.82) is 0 Å². The van der Waals surface area contributed by atoms with Crippen LogP contribution in [-0.4, -0.2) is 77.6 Å². The average molecular weight is 583 g/mol. The molecule has 0 atom stereocenters. The molecule has 0 spiro atoms. The number of amides is 2. The molecule has 2 aliphatic rings. The smallest absolute Gasteiger partial charge is 0.231 e. The SMILES string of the molecule is CC(C)CN1CCCN(C(=O)Cc2ccccc2)c2ccccc2CN(C(=O)CC2CCN(c3cccnn3)CC2)CC1. The standard InChI is InChI=1S/C35H46N6O2/c1-28(2)26-38-18-9-19-41(35(43)25-29-10-4-3-5-11-29)32-13-7-6-12-31(32)27-40(23-22-38)34(42)24-30-15-20-39(21-16-30)33-14-8-17-36-37-33/h3-8,10-14,17,28,30H,9,15-16,18-27H2,1-2H3. The molecule has 228 valence electrons. The summed E-state index contributed by atoms with van der Waals surface area (Å²) in [5, 5.41) is 8.29. The lowest BCUT2D eigenvalue weighted by molar-refractivity contribution is -0.133. The number of carbonyl (C=O) groups excluding carboxylic acids is 2. The number of aromatic nitrogens is 2. The second-order valence-electron chi connectivity index (χ2n) is 12.4. The Bertz CT molecular complexity index is 1310. The fourth-order valence-electron chi connectivity index (χ4n) is 6.38. The second kappa shape index (κ2) is 15.1. The third kappa shape index (κ3) is 8.63. The van der Waals surface area contributed by atoms with Gasteiger partial charge in [-0.25, -0.2) is 0 Å². The van der Waals surface area contributed by atoms with Gasteiger partial charge >= 0.3 is 0 Å². The number of hydrogen-bond acceptors (Lipinski definition) is 6. The van der Waals surface area contributed by atoms with E-state index in [2.05, 4.69) is 39.9 Å². The zero-order chi connectivity index (χ0) is 30.0. The first-order chi connectivity index (χ1) is 21.0. The average Bonchev–Trinajstić information content (AvgIpc) is 3.05. The molecule has 8 heteroatoms. The lowest BCUT2D eigenvalue weighted by Crippen LogP contribution is -2.41. The minimum absolute atomic E-state index is 0.0982. The van der Waals surface area contributed by atoms with Gasteiger partial charge in [0.1, 0.15) is 0 Å². The van der Waals surface area contributed by atoms with Crippen LogP contribution in [0.25, 0.3) is 0 Å². The zero-order valence-electron chi connectivity index (χ0n) is 25.8. The summed E-state index contributed by atoms with van der Waals surface area (Å²) < 4.78 is 0. The molecule has 1 fully saturated rings. The summed E-state index contributed by atoms with van der Waals surface area (Å²) in [6.45, 7) is 10.9. The van der Waals surface area contributed by atoms with Crippen molar-refractivity contribution in [3.8, 4) is 0 Å². The molecule has 0 saturated carbocycles. The van der Waals surface area contributed by atoms with Crippen LogP contribution in [0, 0.1) is 11.8 Å². The number of anilines is 2. The number of nitrogens with zero attached hydrogens (tertiary/aromatic N) is 6. The molecule has 0 aliphatic carbocycles. The van der Waals surface area contributed by atoms with Crippen LogP contribution in [0.15, 0.2) is 72.9 Å². The van der Waals surface area contributed by atoms with Crippen molar-refractivity contribution in [3.63, 3.8) is 0 Å². The number of rotatable bonds is 7. The predicted octanol–water partition coefficient (Wildman–Crippen LogP) is 5.05. The van der Waals surface area contributed by atoms with E-state index in [0.29, 0.717) is 44.3 Å². The maximum absolute atomic E-state index is 14.0. The summed E-state index contributed by atoms with van der Waals surface area (Å²) >= 11 is 0. The first-order valence-corrected chi connectivity index (χ1v) is 15.9. The van der Waals surface area contributed by atoms with E-state index in [1.54, 1.807) is 6.20 Å². The Morgan fingerprint density at radius 3 is 2.35 bits per heavy atom. The third-order valence-corrected chi connectivity index (χ3v) is 8.62. The minimum Gasteiger partial charge on any atom is -0.355 e. The van der Waals surface area contributed by atoms with Gasteiger partial charge in [-0.15, -0.1) is 5.10 Å². The molecule has 2 amide bonds. The van der Waals surface area contributed by atoms with Crippen molar-refractivity contribution < 1.29 is 9.59 Å². The number of carbonyl (C=O) groups is 2. The third-order valence-electron chi connectivity index (χ3n) is 8.62. The normalized spacial score (nSPS) is 17.4. The van der Waals surface area contributed by atoms with Crippen molar-refractivity contribution in [2.24, 2.45) is 11.8 Å². The van der Waals surface area contributed by atoms with Gasteiger partial charge in [-0.3, -0.25) is 9.59 Å². The number of fused-ring (bicyclic) bond motifs is 1. The van der Waals surface area contributed by atoms with E-state index < -0.39 is 0 Å². The van der Waals surface area contributed by atoms with Gasteiger partial charge in [-0.1, -0.05) is 62.4 Å². The van der Waals surface area contributed by atoms with Crippen molar-refractivity contribution in [1.82, 2.24) is 20.0 Å². The van der Waals surface area contributed by atoms with E-state index in [0.717, 1.165) is 74.6 Å². The van der Waals surface area contributed by atoms with Crippen molar-refractivity contribution in [3.05, 3.63) is 84.1 Å². The van der Waals surface area contributed by atoms with Crippen LogP contribution < -0.4 is 9.80 Å². The summed E-state index contributed by atoms with van der Waals surface area (Å²) in [6.07, 6.45) is 5.43. The lowest BCUT2D eigenvalue weighted by Gasteiger charge is -2.34.